The molecule has 0 amide bonds. The van der Waals surface area contributed by atoms with Crippen molar-refractivity contribution in [2.45, 2.75) is 25.0 Å². The number of para-hydroxylation sites is 2. The van der Waals surface area contributed by atoms with Crippen LogP contribution in [0.3, 0.4) is 0 Å². The van der Waals surface area contributed by atoms with E-state index in [2.05, 4.69) is 21.6 Å². The number of ether oxygens (including phenoxy) is 2. The topological polar surface area (TPSA) is 24.9 Å². The summed E-state index contributed by atoms with van der Waals surface area (Å²) in [4.78, 5) is 5.25. The average Bonchev–Trinajstić information content (AvgIpc) is 2.63. The Hall–Kier alpha value is -0.910. The molecular weight excluding hydrogens is 308 g/mol. The summed E-state index contributed by atoms with van der Waals surface area (Å²) in [5.74, 6) is 4.46. The fraction of sp³-hybridized carbons (Fsp3) is 0.667. The zero-order valence-corrected chi connectivity index (χ0v) is 14.5. The van der Waals surface area contributed by atoms with Crippen LogP contribution in [0.1, 0.15) is 12.8 Å². The molecule has 5 heteroatoms. The molecule has 4 nitrogen and oxygen atoms in total. The molecule has 2 saturated heterocycles. The highest BCUT2D eigenvalue weighted by molar-refractivity contribution is 7.99. The van der Waals surface area contributed by atoms with Crippen LogP contribution in [0.15, 0.2) is 24.3 Å². The SMILES string of the molecule is c1ccc2c(c1)OC[C@@H](CN1CCN(C3CCSCC3)CC1)O2. The predicted octanol–water partition coefficient (Wildman–Crippen LogP) is 2.34. The Morgan fingerprint density at radius 2 is 1.74 bits per heavy atom. The van der Waals surface area contributed by atoms with Crippen molar-refractivity contribution in [2.75, 3.05) is 50.8 Å². The van der Waals surface area contributed by atoms with Gasteiger partial charge in [-0.3, -0.25) is 9.80 Å². The molecule has 0 saturated carbocycles. The second-order valence-electron chi connectivity index (χ2n) is 6.68. The van der Waals surface area contributed by atoms with Crippen LogP contribution in [0.5, 0.6) is 11.5 Å². The monoisotopic (exact) mass is 334 g/mol. The molecule has 0 spiro atoms. The van der Waals surface area contributed by atoms with Crippen molar-refractivity contribution in [3.05, 3.63) is 24.3 Å². The van der Waals surface area contributed by atoms with Gasteiger partial charge in [0.05, 0.1) is 0 Å². The number of thioether (sulfide) groups is 1. The molecule has 0 bridgehead atoms. The molecule has 4 rings (SSSR count). The summed E-state index contributed by atoms with van der Waals surface area (Å²) in [6, 6.07) is 8.81. The van der Waals surface area contributed by atoms with Crippen molar-refractivity contribution in [2.24, 2.45) is 0 Å². The van der Waals surface area contributed by atoms with Crippen LogP contribution in [0.4, 0.5) is 0 Å². The molecule has 0 radical (unpaired) electrons. The number of nitrogens with zero attached hydrogens (tertiary/aromatic N) is 2. The van der Waals surface area contributed by atoms with E-state index in [0.717, 1.165) is 37.2 Å². The molecule has 0 unspecified atom stereocenters. The van der Waals surface area contributed by atoms with Gasteiger partial charge in [-0.15, -0.1) is 0 Å². The maximum atomic E-state index is 6.09. The molecule has 23 heavy (non-hydrogen) atoms. The lowest BCUT2D eigenvalue weighted by Gasteiger charge is -2.41. The lowest BCUT2D eigenvalue weighted by molar-refractivity contribution is 0.0312. The van der Waals surface area contributed by atoms with Gasteiger partial charge in [0, 0.05) is 38.8 Å². The van der Waals surface area contributed by atoms with Gasteiger partial charge in [-0.1, -0.05) is 12.1 Å². The molecule has 3 aliphatic rings. The van der Waals surface area contributed by atoms with E-state index in [1.807, 2.05) is 24.3 Å². The Kier molecular flexibility index (Phi) is 4.97. The zero-order valence-electron chi connectivity index (χ0n) is 13.7. The van der Waals surface area contributed by atoms with Crippen LogP contribution >= 0.6 is 11.8 Å². The summed E-state index contributed by atoms with van der Waals surface area (Å²) >= 11 is 2.11. The van der Waals surface area contributed by atoms with Gasteiger partial charge in [0.15, 0.2) is 11.5 Å². The first-order valence-corrected chi connectivity index (χ1v) is 9.96. The second kappa shape index (κ2) is 7.32. The van der Waals surface area contributed by atoms with Gasteiger partial charge in [0.2, 0.25) is 0 Å². The minimum atomic E-state index is 0.155. The molecular formula is C18H26N2O2S. The van der Waals surface area contributed by atoms with Gasteiger partial charge in [-0.05, 0) is 36.5 Å². The Morgan fingerprint density at radius 3 is 2.52 bits per heavy atom. The van der Waals surface area contributed by atoms with Crippen LogP contribution in [-0.2, 0) is 0 Å². The van der Waals surface area contributed by atoms with Gasteiger partial charge in [0.25, 0.3) is 0 Å². The Balaban J connectivity index is 1.25. The Bertz CT molecular complexity index is 513. The summed E-state index contributed by atoms with van der Waals surface area (Å²) in [6.07, 6.45) is 2.91. The Labute approximate surface area is 143 Å². The summed E-state index contributed by atoms with van der Waals surface area (Å²) in [7, 11) is 0. The zero-order chi connectivity index (χ0) is 15.5. The van der Waals surface area contributed by atoms with Gasteiger partial charge < -0.3 is 9.47 Å². The van der Waals surface area contributed by atoms with E-state index >= 15 is 0 Å². The van der Waals surface area contributed by atoms with E-state index in [0.29, 0.717) is 6.61 Å². The molecule has 126 valence electrons. The number of rotatable bonds is 3. The highest BCUT2D eigenvalue weighted by Crippen LogP contribution is 2.31. The highest BCUT2D eigenvalue weighted by Gasteiger charge is 2.28. The maximum absolute atomic E-state index is 6.09. The largest absolute Gasteiger partial charge is 0.486 e. The number of piperazine rings is 1. The highest BCUT2D eigenvalue weighted by atomic mass is 32.2. The number of hydrogen-bond acceptors (Lipinski definition) is 5. The van der Waals surface area contributed by atoms with E-state index in [9.17, 15) is 0 Å². The molecule has 0 aliphatic carbocycles. The lowest BCUT2D eigenvalue weighted by Crippen LogP contribution is -2.53. The van der Waals surface area contributed by atoms with Crippen LogP contribution in [0, 0.1) is 0 Å². The van der Waals surface area contributed by atoms with E-state index in [1.165, 1.54) is 37.4 Å². The average molecular weight is 334 g/mol. The maximum Gasteiger partial charge on any atom is 0.161 e. The van der Waals surface area contributed by atoms with Crippen LogP contribution < -0.4 is 9.47 Å². The molecule has 1 aromatic rings. The van der Waals surface area contributed by atoms with E-state index < -0.39 is 0 Å². The third-order valence-corrected chi connectivity index (χ3v) is 6.19. The summed E-state index contributed by atoms with van der Waals surface area (Å²) in [5, 5.41) is 0. The first kappa shape index (κ1) is 15.6. The number of fused-ring (bicyclic) bond motifs is 1. The first-order valence-electron chi connectivity index (χ1n) is 8.81. The third kappa shape index (κ3) is 3.78. The van der Waals surface area contributed by atoms with Crippen LogP contribution in [-0.4, -0.2) is 72.8 Å². The quantitative estimate of drug-likeness (QED) is 0.845. The minimum absolute atomic E-state index is 0.155. The van der Waals surface area contributed by atoms with Crippen LogP contribution in [0.2, 0.25) is 0 Å². The van der Waals surface area contributed by atoms with Crippen molar-refractivity contribution in [3.8, 4) is 11.5 Å². The predicted molar refractivity (Wildman–Crippen MR) is 94.7 cm³/mol. The fourth-order valence-electron chi connectivity index (χ4n) is 3.80. The third-order valence-electron chi connectivity index (χ3n) is 5.14. The standard InChI is InChI=1S/C18H26N2O2S/c1-2-4-18-17(3-1)21-14-16(22-18)13-19-7-9-20(10-8-19)15-5-11-23-12-6-15/h1-4,15-16H,5-14H2/t16-/m1/s1. The van der Waals surface area contributed by atoms with Gasteiger partial charge in [-0.2, -0.15) is 11.8 Å². The fourth-order valence-corrected chi connectivity index (χ4v) is 4.88. The number of benzene rings is 1. The van der Waals surface area contributed by atoms with Gasteiger partial charge in [-0.25, -0.2) is 0 Å². The second-order valence-corrected chi connectivity index (χ2v) is 7.90. The normalized spacial score (nSPS) is 27.0. The smallest absolute Gasteiger partial charge is 0.161 e. The van der Waals surface area contributed by atoms with E-state index in [4.69, 9.17) is 9.47 Å². The van der Waals surface area contributed by atoms with Gasteiger partial charge >= 0.3 is 0 Å². The molecule has 2 fully saturated rings. The van der Waals surface area contributed by atoms with Crippen molar-refractivity contribution >= 4 is 11.8 Å². The summed E-state index contributed by atoms with van der Waals surface area (Å²) in [6.45, 7) is 6.37. The summed E-state index contributed by atoms with van der Waals surface area (Å²) < 4.78 is 11.9. The van der Waals surface area contributed by atoms with Crippen molar-refractivity contribution in [3.63, 3.8) is 0 Å². The molecule has 3 aliphatic heterocycles. The lowest BCUT2D eigenvalue weighted by atomic mass is 10.1. The molecule has 1 aromatic carbocycles. The van der Waals surface area contributed by atoms with Crippen molar-refractivity contribution in [1.29, 1.82) is 0 Å². The van der Waals surface area contributed by atoms with Gasteiger partial charge in [0.1, 0.15) is 12.7 Å². The molecule has 1 atom stereocenters. The molecule has 3 heterocycles. The summed E-state index contributed by atoms with van der Waals surface area (Å²) in [5.41, 5.74) is 0. The number of hydrogen-bond donors (Lipinski definition) is 0. The van der Waals surface area contributed by atoms with E-state index in [-0.39, 0.29) is 6.10 Å². The van der Waals surface area contributed by atoms with Crippen molar-refractivity contribution < 1.29 is 9.47 Å². The first-order chi connectivity index (χ1) is 11.4. The Morgan fingerprint density at radius 1 is 1.00 bits per heavy atom. The van der Waals surface area contributed by atoms with Crippen molar-refractivity contribution in [1.82, 2.24) is 9.80 Å². The molecule has 0 aromatic heterocycles. The minimum Gasteiger partial charge on any atom is -0.486 e. The van der Waals surface area contributed by atoms with E-state index in [1.54, 1.807) is 0 Å². The molecule has 0 N–H and O–H groups in total. The van der Waals surface area contributed by atoms with Crippen LogP contribution in [0.25, 0.3) is 0 Å².